The highest BCUT2D eigenvalue weighted by Crippen LogP contribution is 2.08. The zero-order valence-corrected chi connectivity index (χ0v) is 11.7. The van der Waals surface area contributed by atoms with Crippen molar-refractivity contribution >= 4 is 11.8 Å². The van der Waals surface area contributed by atoms with E-state index in [-0.39, 0.29) is 0 Å². The molecule has 0 spiro atoms. The van der Waals surface area contributed by atoms with Crippen LogP contribution in [0.3, 0.4) is 0 Å². The van der Waals surface area contributed by atoms with Gasteiger partial charge in [0.25, 0.3) is 0 Å². The molecule has 5 nitrogen and oxygen atoms in total. The van der Waals surface area contributed by atoms with Crippen molar-refractivity contribution in [2.75, 3.05) is 0 Å². The summed E-state index contributed by atoms with van der Waals surface area (Å²) in [5, 5.41) is 15.0. The SMILES string of the molecule is C[C@H](NC(=O)OC(C)(C)C)C(=NO)c1ccccc1. The quantitative estimate of drug-likeness (QED) is 0.501. The summed E-state index contributed by atoms with van der Waals surface area (Å²) in [4.78, 5) is 11.7. The van der Waals surface area contributed by atoms with Crippen molar-refractivity contribution in [2.45, 2.75) is 39.3 Å². The number of alkyl carbamates (subject to hydrolysis) is 1. The summed E-state index contributed by atoms with van der Waals surface area (Å²) >= 11 is 0. The van der Waals surface area contributed by atoms with Gasteiger partial charge in [0.05, 0.1) is 6.04 Å². The molecule has 1 aromatic rings. The molecule has 1 atom stereocenters. The van der Waals surface area contributed by atoms with Crippen LogP contribution >= 0.6 is 0 Å². The number of carbonyl (C=O) groups excluding carboxylic acids is 1. The Morgan fingerprint density at radius 3 is 2.37 bits per heavy atom. The molecule has 0 fully saturated rings. The van der Waals surface area contributed by atoms with Gasteiger partial charge < -0.3 is 15.3 Å². The molecule has 104 valence electrons. The molecule has 0 saturated heterocycles. The summed E-state index contributed by atoms with van der Waals surface area (Å²) < 4.78 is 5.15. The Hall–Kier alpha value is -2.04. The molecule has 0 heterocycles. The molecule has 0 aliphatic heterocycles. The molecule has 0 unspecified atom stereocenters. The lowest BCUT2D eigenvalue weighted by atomic mass is 10.0. The van der Waals surface area contributed by atoms with Crippen LogP contribution in [-0.2, 0) is 4.74 Å². The number of nitrogens with one attached hydrogen (secondary N) is 1. The van der Waals surface area contributed by atoms with Gasteiger partial charge in [-0.3, -0.25) is 0 Å². The molecule has 0 aromatic heterocycles. The van der Waals surface area contributed by atoms with Gasteiger partial charge in [-0.2, -0.15) is 0 Å². The second-order valence-corrected chi connectivity index (χ2v) is 5.22. The molecule has 1 amide bonds. The molecular weight excluding hydrogens is 244 g/mol. The van der Waals surface area contributed by atoms with E-state index in [0.717, 1.165) is 5.56 Å². The lowest BCUT2D eigenvalue weighted by Crippen LogP contribution is -2.42. The van der Waals surface area contributed by atoms with E-state index in [1.165, 1.54) is 0 Å². The first kappa shape index (κ1) is 15.0. The second kappa shape index (κ2) is 6.22. The van der Waals surface area contributed by atoms with Crippen molar-refractivity contribution in [2.24, 2.45) is 5.16 Å². The van der Waals surface area contributed by atoms with Crippen LogP contribution in [0.2, 0.25) is 0 Å². The molecule has 0 radical (unpaired) electrons. The zero-order valence-electron chi connectivity index (χ0n) is 11.7. The fraction of sp³-hybridized carbons (Fsp3) is 0.429. The first-order chi connectivity index (χ1) is 8.83. The van der Waals surface area contributed by atoms with Crippen LogP contribution in [0.4, 0.5) is 4.79 Å². The number of carbonyl (C=O) groups is 1. The van der Waals surface area contributed by atoms with Gasteiger partial charge in [-0.05, 0) is 27.7 Å². The standard InChI is InChI=1S/C14H20N2O3/c1-10(15-13(17)19-14(2,3)4)12(16-18)11-8-6-5-7-9-11/h5-10,18H,1-4H3,(H,15,17)/t10-/m0/s1. The van der Waals surface area contributed by atoms with E-state index in [1.807, 2.05) is 30.3 Å². The van der Waals surface area contributed by atoms with Gasteiger partial charge in [0.15, 0.2) is 0 Å². The van der Waals surface area contributed by atoms with Crippen LogP contribution in [0.1, 0.15) is 33.3 Å². The highest BCUT2D eigenvalue weighted by atomic mass is 16.6. The van der Waals surface area contributed by atoms with Crippen molar-refractivity contribution in [3.8, 4) is 0 Å². The van der Waals surface area contributed by atoms with Crippen molar-refractivity contribution in [1.82, 2.24) is 5.32 Å². The van der Waals surface area contributed by atoms with Crippen molar-refractivity contribution in [1.29, 1.82) is 0 Å². The Labute approximate surface area is 113 Å². The van der Waals surface area contributed by atoms with Crippen molar-refractivity contribution in [3.63, 3.8) is 0 Å². The summed E-state index contributed by atoms with van der Waals surface area (Å²) in [6.45, 7) is 7.09. The van der Waals surface area contributed by atoms with Gasteiger partial charge in [-0.1, -0.05) is 35.5 Å². The first-order valence-electron chi connectivity index (χ1n) is 6.10. The summed E-state index contributed by atoms with van der Waals surface area (Å²) in [7, 11) is 0. The third kappa shape index (κ3) is 4.99. The second-order valence-electron chi connectivity index (χ2n) is 5.22. The number of amides is 1. The summed E-state index contributed by atoms with van der Waals surface area (Å²) in [5.74, 6) is 0. The lowest BCUT2D eigenvalue weighted by Gasteiger charge is -2.22. The van der Waals surface area contributed by atoms with E-state index in [9.17, 15) is 4.79 Å². The summed E-state index contributed by atoms with van der Waals surface area (Å²) in [6, 6.07) is 8.69. The third-order valence-corrected chi connectivity index (χ3v) is 2.32. The third-order valence-electron chi connectivity index (χ3n) is 2.32. The fourth-order valence-electron chi connectivity index (χ4n) is 1.56. The Morgan fingerprint density at radius 2 is 1.89 bits per heavy atom. The Balaban J connectivity index is 2.72. The van der Waals surface area contributed by atoms with Crippen molar-refractivity contribution < 1.29 is 14.7 Å². The molecular formula is C14H20N2O3. The van der Waals surface area contributed by atoms with Gasteiger partial charge in [0.2, 0.25) is 0 Å². The maximum absolute atomic E-state index is 11.7. The van der Waals surface area contributed by atoms with Gasteiger partial charge in [0, 0.05) is 5.56 Å². The molecule has 0 aliphatic rings. The van der Waals surface area contributed by atoms with Crippen LogP contribution < -0.4 is 5.32 Å². The molecule has 0 bridgehead atoms. The molecule has 1 aromatic carbocycles. The van der Waals surface area contributed by atoms with E-state index in [4.69, 9.17) is 9.94 Å². The summed E-state index contributed by atoms with van der Waals surface area (Å²) in [6.07, 6.45) is -0.544. The van der Waals surface area contributed by atoms with E-state index >= 15 is 0 Å². The lowest BCUT2D eigenvalue weighted by molar-refractivity contribution is 0.0521. The minimum atomic E-state index is -0.562. The van der Waals surface area contributed by atoms with Gasteiger partial charge in [0.1, 0.15) is 11.3 Å². The Kier molecular flexibility index (Phi) is 4.92. The van der Waals surface area contributed by atoms with Crippen LogP contribution in [0.5, 0.6) is 0 Å². The van der Waals surface area contributed by atoms with E-state index in [1.54, 1.807) is 27.7 Å². The minimum absolute atomic E-state index is 0.381. The zero-order chi connectivity index (χ0) is 14.5. The Bertz CT molecular complexity index is 450. The van der Waals surface area contributed by atoms with Crippen LogP contribution in [-0.4, -0.2) is 28.7 Å². The van der Waals surface area contributed by atoms with Crippen LogP contribution in [0.25, 0.3) is 0 Å². The van der Waals surface area contributed by atoms with Gasteiger partial charge in [-0.15, -0.1) is 0 Å². The monoisotopic (exact) mass is 264 g/mol. The minimum Gasteiger partial charge on any atom is -0.444 e. The average Bonchev–Trinajstić information content (AvgIpc) is 2.28. The molecule has 5 heteroatoms. The molecule has 0 saturated carbocycles. The smallest absolute Gasteiger partial charge is 0.408 e. The highest BCUT2D eigenvalue weighted by molar-refractivity contribution is 6.04. The number of ether oxygens (including phenoxy) is 1. The number of hydrogen-bond donors (Lipinski definition) is 2. The first-order valence-corrected chi connectivity index (χ1v) is 6.10. The molecule has 0 aliphatic carbocycles. The largest absolute Gasteiger partial charge is 0.444 e. The van der Waals surface area contributed by atoms with Crippen molar-refractivity contribution in [3.05, 3.63) is 35.9 Å². The van der Waals surface area contributed by atoms with Gasteiger partial charge >= 0.3 is 6.09 Å². The summed E-state index contributed by atoms with van der Waals surface area (Å²) in [5.41, 5.74) is 0.563. The van der Waals surface area contributed by atoms with E-state index in [0.29, 0.717) is 5.71 Å². The van der Waals surface area contributed by atoms with E-state index in [2.05, 4.69) is 10.5 Å². The predicted molar refractivity (Wildman–Crippen MR) is 73.6 cm³/mol. The number of rotatable bonds is 3. The van der Waals surface area contributed by atoms with E-state index < -0.39 is 17.7 Å². The average molecular weight is 264 g/mol. The highest BCUT2D eigenvalue weighted by Gasteiger charge is 2.20. The number of benzene rings is 1. The molecule has 1 rings (SSSR count). The number of hydrogen-bond acceptors (Lipinski definition) is 4. The predicted octanol–water partition coefficient (Wildman–Crippen LogP) is 2.78. The number of nitrogens with zero attached hydrogens (tertiary/aromatic N) is 1. The molecule has 2 N–H and O–H groups in total. The van der Waals surface area contributed by atoms with Crippen LogP contribution in [0, 0.1) is 0 Å². The maximum atomic E-state index is 11.7. The maximum Gasteiger partial charge on any atom is 0.408 e. The topological polar surface area (TPSA) is 70.9 Å². The fourth-order valence-corrected chi connectivity index (χ4v) is 1.56. The normalized spacial score (nSPS) is 13.8. The molecule has 19 heavy (non-hydrogen) atoms. The Morgan fingerprint density at radius 1 is 1.32 bits per heavy atom. The van der Waals surface area contributed by atoms with Crippen LogP contribution in [0.15, 0.2) is 35.5 Å². The number of oxime groups is 1. The van der Waals surface area contributed by atoms with Gasteiger partial charge in [-0.25, -0.2) is 4.79 Å².